The third-order valence-corrected chi connectivity index (χ3v) is 5.67. The van der Waals surface area contributed by atoms with Crippen molar-refractivity contribution in [3.63, 3.8) is 0 Å². The SMILES string of the molecule is COc1cc(CN2CCN3CCNC(=O)[C@@H]3C2)ccc1N1CCCC1. The number of hydrogen-bond donors (Lipinski definition) is 1. The number of fused-ring (bicyclic) bond motifs is 1. The van der Waals surface area contributed by atoms with Gasteiger partial charge in [0.05, 0.1) is 12.8 Å². The molecule has 0 saturated carbocycles. The van der Waals surface area contributed by atoms with Crippen LogP contribution in [0.5, 0.6) is 5.75 Å². The topological polar surface area (TPSA) is 48.1 Å². The molecule has 0 unspecified atom stereocenters. The van der Waals surface area contributed by atoms with Gasteiger partial charge in [-0.1, -0.05) is 6.07 Å². The molecule has 1 atom stereocenters. The molecule has 0 spiro atoms. The van der Waals surface area contributed by atoms with Gasteiger partial charge in [-0.15, -0.1) is 0 Å². The van der Waals surface area contributed by atoms with E-state index in [-0.39, 0.29) is 11.9 Å². The predicted molar refractivity (Wildman–Crippen MR) is 98.1 cm³/mol. The molecule has 1 amide bonds. The Morgan fingerprint density at radius 1 is 1.16 bits per heavy atom. The van der Waals surface area contributed by atoms with Crippen molar-refractivity contribution in [1.29, 1.82) is 0 Å². The quantitative estimate of drug-likeness (QED) is 0.880. The number of carbonyl (C=O) groups is 1. The first-order valence-corrected chi connectivity index (χ1v) is 9.40. The normalized spacial score (nSPS) is 24.9. The molecule has 3 fully saturated rings. The van der Waals surface area contributed by atoms with E-state index in [0.717, 1.165) is 58.1 Å². The van der Waals surface area contributed by atoms with Crippen LogP contribution in [0, 0.1) is 0 Å². The summed E-state index contributed by atoms with van der Waals surface area (Å²) < 4.78 is 5.66. The number of anilines is 1. The molecule has 3 saturated heterocycles. The second-order valence-corrected chi connectivity index (χ2v) is 7.28. The van der Waals surface area contributed by atoms with Gasteiger partial charge in [0.25, 0.3) is 0 Å². The highest BCUT2D eigenvalue weighted by molar-refractivity contribution is 5.82. The Morgan fingerprint density at radius 2 is 2.00 bits per heavy atom. The van der Waals surface area contributed by atoms with E-state index in [4.69, 9.17) is 4.74 Å². The van der Waals surface area contributed by atoms with Crippen molar-refractivity contribution in [1.82, 2.24) is 15.1 Å². The number of nitrogens with one attached hydrogen (secondary N) is 1. The van der Waals surface area contributed by atoms with E-state index in [1.807, 2.05) is 0 Å². The van der Waals surface area contributed by atoms with Gasteiger partial charge in [-0.3, -0.25) is 14.6 Å². The molecular formula is C19H28N4O2. The number of piperazine rings is 2. The number of benzene rings is 1. The summed E-state index contributed by atoms with van der Waals surface area (Å²) in [5, 5.41) is 2.99. The Balaban J connectivity index is 1.44. The van der Waals surface area contributed by atoms with Crippen molar-refractivity contribution in [2.45, 2.75) is 25.4 Å². The van der Waals surface area contributed by atoms with E-state index < -0.39 is 0 Å². The van der Waals surface area contributed by atoms with Gasteiger partial charge >= 0.3 is 0 Å². The largest absolute Gasteiger partial charge is 0.495 e. The van der Waals surface area contributed by atoms with Gasteiger partial charge < -0.3 is 15.0 Å². The van der Waals surface area contributed by atoms with Crippen LogP contribution in [-0.2, 0) is 11.3 Å². The van der Waals surface area contributed by atoms with Crippen LogP contribution in [0.3, 0.4) is 0 Å². The second kappa shape index (κ2) is 7.22. The number of nitrogens with zero attached hydrogens (tertiary/aromatic N) is 3. The first-order chi connectivity index (χ1) is 12.2. The summed E-state index contributed by atoms with van der Waals surface area (Å²) in [6.45, 7) is 7.66. The van der Waals surface area contributed by atoms with Gasteiger partial charge in [0.1, 0.15) is 11.8 Å². The molecule has 1 aromatic carbocycles. The van der Waals surface area contributed by atoms with Gasteiger partial charge in [-0.25, -0.2) is 0 Å². The molecule has 3 aliphatic heterocycles. The number of amides is 1. The zero-order valence-corrected chi connectivity index (χ0v) is 15.0. The van der Waals surface area contributed by atoms with Crippen molar-refractivity contribution in [2.24, 2.45) is 0 Å². The summed E-state index contributed by atoms with van der Waals surface area (Å²) in [5.41, 5.74) is 2.46. The fourth-order valence-corrected chi connectivity index (χ4v) is 4.28. The minimum atomic E-state index is 0.00766. The van der Waals surface area contributed by atoms with Gasteiger partial charge in [-0.2, -0.15) is 0 Å². The molecule has 0 radical (unpaired) electrons. The van der Waals surface area contributed by atoms with Crippen LogP contribution in [0.4, 0.5) is 5.69 Å². The molecule has 1 aromatic rings. The fourth-order valence-electron chi connectivity index (χ4n) is 4.28. The smallest absolute Gasteiger partial charge is 0.238 e. The van der Waals surface area contributed by atoms with E-state index >= 15 is 0 Å². The third kappa shape index (κ3) is 3.46. The number of methoxy groups -OCH3 is 1. The average Bonchev–Trinajstić information content (AvgIpc) is 3.17. The summed E-state index contributed by atoms with van der Waals surface area (Å²) in [5.74, 6) is 1.14. The summed E-state index contributed by atoms with van der Waals surface area (Å²) in [4.78, 5) is 19.2. The van der Waals surface area contributed by atoms with E-state index in [9.17, 15) is 4.79 Å². The lowest BCUT2D eigenvalue weighted by Gasteiger charge is -2.43. The lowest BCUT2D eigenvalue weighted by Crippen LogP contribution is -2.63. The van der Waals surface area contributed by atoms with Crippen LogP contribution in [0.15, 0.2) is 18.2 Å². The first-order valence-electron chi connectivity index (χ1n) is 9.40. The Morgan fingerprint density at radius 3 is 2.80 bits per heavy atom. The van der Waals surface area contributed by atoms with Crippen LogP contribution in [0.1, 0.15) is 18.4 Å². The summed E-state index contributed by atoms with van der Waals surface area (Å²) >= 11 is 0. The Bertz CT molecular complexity index is 630. The van der Waals surface area contributed by atoms with E-state index in [2.05, 4.69) is 38.2 Å². The standard InChI is InChI=1S/C19H28N4O2/c1-25-18-12-15(4-5-16(18)22-7-2-3-8-22)13-21-10-11-23-9-6-20-19(24)17(23)14-21/h4-5,12,17H,2-3,6-11,13-14H2,1H3,(H,20,24)/t17-/m0/s1. The van der Waals surface area contributed by atoms with Crippen LogP contribution in [-0.4, -0.2) is 74.7 Å². The molecule has 136 valence electrons. The lowest BCUT2D eigenvalue weighted by atomic mass is 10.1. The zero-order valence-electron chi connectivity index (χ0n) is 15.0. The molecule has 0 aliphatic carbocycles. The van der Waals surface area contributed by atoms with Crippen molar-refractivity contribution < 1.29 is 9.53 Å². The highest BCUT2D eigenvalue weighted by Gasteiger charge is 2.34. The number of hydrogen-bond acceptors (Lipinski definition) is 5. The molecule has 0 aromatic heterocycles. The molecule has 4 rings (SSSR count). The molecule has 25 heavy (non-hydrogen) atoms. The summed E-state index contributed by atoms with van der Waals surface area (Å²) in [7, 11) is 1.75. The number of rotatable bonds is 4. The van der Waals surface area contributed by atoms with Crippen LogP contribution >= 0.6 is 0 Å². The van der Waals surface area contributed by atoms with Crippen molar-refractivity contribution in [3.8, 4) is 5.75 Å². The monoisotopic (exact) mass is 344 g/mol. The predicted octanol–water partition coefficient (Wildman–Crippen LogP) is 0.911. The molecule has 6 nitrogen and oxygen atoms in total. The van der Waals surface area contributed by atoms with Crippen LogP contribution in [0.25, 0.3) is 0 Å². The maximum absolute atomic E-state index is 12.1. The summed E-state index contributed by atoms with van der Waals surface area (Å²) in [6.07, 6.45) is 2.53. The zero-order chi connectivity index (χ0) is 17.2. The fraction of sp³-hybridized carbons (Fsp3) is 0.632. The molecule has 6 heteroatoms. The highest BCUT2D eigenvalue weighted by atomic mass is 16.5. The maximum Gasteiger partial charge on any atom is 0.238 e. The van der Waals surface area contributed by atoms with Gasteiger partial charge in [0, 0.05) is 52.4 Å². The number of ether oxygens (including phenoxy) is 1. The van der Waals surface area contributed by atoms with Crippen molar-refractivity contribution in [3.05, 3.63) is 23.8 Å². The van der Waals surface area contributed by atoms with E-state index in [1.165, 1.54) is 24.1 Å². The third-order valence-electron chi connectivity index (χ3n) is 5.67. The van der Waals surface area contributed by atoms with Gasteiger partial charge in [-0.05, 0) is 30.5 Å². The minimum Gasteiger partial charge on any atom is -0.495 e. The Labute approximate surface area is 149 Å². The lowest BCUT2D eigenvalue weighted by molar-refractivity contribution is -0.131. The second-order valence-electron chi connectivity index (χ2n) is 7.28. The first kappa shape index (κ1) is 16.7. The maximum atomic E-state index is 12.1. The van der Waals surface area contributed by atoms with Gasteiger partial charge in [0.15, 0.2) is 0 Å². The molecule has 0 bridgehead atoms. The van der Waals surface area contributed by atoms with Crippen LogP contribution in [0.2, 0.25) is 0 Å². The average molecular weight is 344 g/mol. The highest BCUT2D eigenvalue weighted by Crippen LogP contribution is 2.32. The van der Waals surface area contributed by atoms with Crippen molar-refractivity contribution in [2.75, 3.05) is 57.8 Å². The van der Waals surface area contributed by atoms with Gasteiger partial charge in [0.2, 0.25) is 5.91 Å². The van der Waals surface area contributed by atoms with Crippen molar-refractivity contribution >= 4 is 11.6 Å². The Kier molecular flexibility index (Phi) is 4.81. The summed E-state index contributed by atoms with van der Waals surface area (Å²) in [6, 6.07) is 6.58. The van der Waals surface area contributed by atoms with E-state index in [0.29, 0.717) is 0 Å². The molecule has 3 heterocycles. The Hall–Kier alpha value is -1.79. The van der Waals surface area contributed by atoms with E-state index in [1.54, 1.807) is 7.11 Å². The molecular weight excluding hydrogens is 316 g/mol. The molecule has 3 aliphatic rings. The molecule has 1 N–H and O–H groups in total. The minimum absolute atomic E-state index is 0.00766. The number of carbonyl (C=O) groups excluding carboxylic acids is 1. The van der Waals surface area contributed by atoms with Crippen LogP contribution < -0.4 is 15.0 Å².